The van der Waals surface area contributed by atoms with Crippen LogP contribution in [0.1, 0.15) is 28.8 Å². The first-order valence-electron chi connectivity index (χ1n) is 7.11. The van der Waals surface area contributed by atoms with Crippen molar-refractivity contribution in [3.05, 3.63) is 46.8 Å². The maximum absolute atomic E-state index is 5.56. The van der Waals surface area contributed by atoms with Crippen LogP contribution in [0.2, 0.25) is 0 Å². The number of rotatable bonds is 5. The Morgan fingerprint density at radius 2 is 2.05 bits per heavy atom. The van der Waals surface area contributed by atoms with Gasteiger partial charge in [0.05, 0.1) is 7.11 Å². The van der Waals surface area contributed by atoms with Gasteiger partial charge in [0.25, 0.3) is 0 Å². The molecule has 0 saturated heterocycles. The summed E-state index contributed by atoms with van der Waals surface area (Å²) in [6, 6.07) is 6.56. The number of nitrogens with zero attached hydrogens (tertiary/aromatic N) is 2. The van der Waals surface area contributed by atoms with Gasteiger partial charge in [-0.1, -0.05) is 6.07 Å². The lowest BCUT2D eigenvalue weighted by atomic mass is 10.0. The van der Waals surface area contributed by atoms with E-state index in [1.54, 1.807) is 13.3 Å². The lowest BCUT2D eigenvalue weighted by molar-refractivity contribution is 0.306. The second-order valence-corrected chi connectivity index (χ2v) is 5.54. The molecule has 20 heavy (non-hydrogen) atoms. The van der Waals surface area contributed by atoms with Crippen molar-refractivity contribution in [1.82, 2.24) is 15.1 Å². The number of ether oxygens (including phenoxy) is 1. The molecule has 0 amide bonds. The van der Waals surface area contributed by atoms with E-state index in [4.69, 9.17) is 4.74 Å². The van der Waals surface area contributed by atoms with E-state index in [0.29, 0.717) is 0 Å². The number of aryl methyl sites for hydroxylation is 2. The fraction of sp³-hybridized carbons (Fsp3) is 0.438. The van der Waals surface area contributed by atoms with Crippen LogP contribution >= 0.6 is 0 Å². The maximum Gasteiger partial charge on any atom is 0.123 e. The van der Waals surface area contributed by atoms with Crippen LogP contribution in [0.3, 0.4) is 0 Å². The van der Waals surface area contributed by atoms with Gasteiger partial charge >= 0.3 is 0 Å². The summed E-state index contributed by atoms with van der Waals surface area (Å²) < 4.78 is 5.56. The van der Waals surface area contributed by atoms with E-state index >= 15 is 0 Å². The van der Waals surface area contributed by atoms with Crippen LogP contribution in [0.15, 0.2) is 24.4 Å². The minimum absolute atomic E-state index is 0.861. The molecule has 0 radical (unpaired) electrons. The van der Waals surface area contributed by atoms with Gasteiger partial charge in [0.15, 0.2) is 0 Å². The molecule has 106 valence electrons. The monoisotopic (exact) mass is 271 g/mol. The van der Waals surface area contributed by atoms with E-state index in [2.05, 4.69) is 34.3 Å². The topological polar surface area (TPSA) is 41.1 Å². The molecule has 1 aliphatic carbocycles. The van der Waals surface area contributed by atoms with Crippen LogP contribution in [0.25, 0.3) is 0 Å². The third kappa shape index (κ3) is 2.70. The number of hydrogen-bond donors (Lipinski definition) is 1. The van der Waals surface area contributed by atoms with Crippen LogP contribution in [0.5, 0.6) is 5.75 Å². The lowest BCUT2D eigenvalue weighted by Gasteiger charge is -2.18. The zero-order valence-electron chi connectivity index (χ0n) is 12.1. The van der Waals surface area contributed by atoms with Crippen LogP contribution in [-0.4, -0.2) is 29.3 Å². The summed E-state index contributed by atoms with van der Waals surface area (Å²) in [4.78, 5) is 2.27. The third-order valence-electron chi connectivity index (χ3n) is 3.93. The molecule has 0 fully saturated rings. The van der Waals surface area contributed by atoms with Crippen molar-refractivity contribution in [2.24, 2.45) is 0 Å². The van der Waals surface area contributed by atoms with Crippen LogP contribution in [0.4, 0.5) is 0 Å². The lowest BCUT2D eigenvalue weighted by Crippen LogP contribution is -2.18. The molecule has 4 nitrogen and oxygen atoms in total. The summed E-state index contributed by atoms with van der Waals surface area (Å²) in [5, 5.41) is 6.99. The van der Waals surface area contributed by atoms with E-state index in [9.17, 15) is 0 Å². The number of nitrogens with one attached hydrogen (secondary N) is 1. The molecule has 1 N–H and O–H groups in total. The quantitative estimate of drug-likeness (QED) is 0.908. The summed E-state index contributed by atoms with van der Waals surface area (Å²) in [5.41, 5.74) is 5.36. The highest BCUT2D eigenvalue weighted by molar-refractivity contribution is 5.44. The molecule has 0 spiro atoms. The number of benzene rings is 1. The van der Waals surface area contributed by atoms with Gasteiger partial charge in [-0.15, -0.1) is 0 Å². The molecule has 1 aliphatic rings. The molecule has 3 rings (SSSR count). The molecule has 0 atom stereocenters. The number of methoxy groups -OCH3 is 1. The van der Waals surface area contributed by atoms with Crippen molar-refractivity contribution in [2.45, 2.75) is 32.4 Å². The Balaban J connectivity index is 1.76. The molecular formula is C16H21N3O. The zero-order chi connectivity index (χ0) is 13.9. The fourth-order valence-electron chi connectivity index (χ4n) is 2.98. The highest BCUT2D eigenvalue weighted by Gasteiger charge is 2.16. The van der Waals surface area contributed by atoms with E-state index in [1.807, 2.05) is 6.07 Å². The predicted molar refractivity (Wildman–Crippen MR) is 78.8 cm³/mol. The van der Waals surface area contributed by atoms with E-state index < -0.39 is 0 Å². The first kappa shape index (κ1) is 13.2. The average molecular weight is 271 g/mol. The summed E-state index contributed by atoms with van der Waals surface area (Å²) in [6.45, 7) is 1.75. The van der Waals surface area contributed by atoms with Crippen molar-refractivity contribution >= 4 is 0 Å². The molecule has 2 aromatic rings. The van der Waals surface area contributed by atoms with Gasteiger partial charge in [-0.05, 0) is 49.6 Å². The molecule has 0 unspecified atom stereocenters. The smallest absolute Gasteiger partial charge is 0.123 e. The van der Waals surface area contributed by atoms with E-state index in [-0.39, 0.29) is 0 Å². The SMILES string of the molecule is COc1cc2c(cc1CN(C)Cc1ccn[nH]1)CCC2. The van der Waals surface area contributed by atoms with Crippen molar-refractivity contribution < 1.29 is 4.74 Å². The number of aromatic nitrogens is 2. The first-order chi connectivity index (χ1) is 9.76. The first-order valence-corrected chi connectivity index (χ1v) is 7.11. The zero-order valence-corrected chi connectivity index (χ0v) is 12.1. The molecule has 1 aromatic carbocycles. The van der Waals surface area contributed by atoms with Gasteiger partial charge in [-0.25, -0.2) is 0 Å². The highest BCUT2D eigenvalue weighted by Crippen LogP contribution is 2.30. The van der Waals surface area contributed by atoms with Gasteiger partial charge in [0, 0.05) is 30.5 Å². The number of H-pyrrole nitrogens is 1. The number of aromatic amines is 1. The molecule has 1 aromatic heterocycles. The molecule has 0 aliphatic heterocycles. The summed E-state index contributed by atoms with van der Waals surface area (Å²) in [7, 11) is 3.88. The summed E-state index contributed by atoms with van der Waals surface area (Å²) in [5.74, 6) is 1.02. The van der Waals surface area contributed by atoms with E-state index in [1.165, 1.54) is 36.0 Å². The summed E-state index contributed by atoms with van der Waals surface area (Å²) >= 11 is 0. The van der Waals surface area contributed by atoms with Gasteiger partial charge in [0.2, 0.25) is 0 Å². The minimum atomic E-state index is 0.861. The minimum Gasteiger partial charge on any atom is -0.496 e. The molecule has 0 bridgehead atoms. The fourth-order valence-corrected chi connectivity index (χ4v) is 2.98. The Kier molecular flexibility index (Phi) is 3.74. The Morgan fingerprint density at radius 1 is 1.25 bits per heavy atom. The van der Waals surface area contributed by atoms with Crippen molar-refractivity contribution in [3.8, 4) is 5.75 Å². The Hall–Kier alpha value is -1.81. The second kappa shape index (κ2) is 5.67. The van der Waals surface area contributed by atoms with Crippen molar-refractivity contribution in [2.75, 3.05) is 14.2 Å². The maximum atomic E-state index is 5.56. The van der Waals surface area contributed by atoms with Gasteiger partial charge in [-0.2, -0.15) is 5.10 Å². The van der Waals surface area contributed by atoms with Crippen molar-refractivity contribution in [3.63, 3.8) is 0 Å². The molecule has 1 heterocycles. The molecule has 4 heteroatoms. The second-order valence-electron chi connectivity index (χ2n) is 5.54. The Bertz CT molecular complexity index is 578. The van der Waals surface area contributed by atoms with E-state index in [0.717, 1.165) is 24.5 Å². The standard InChI is InChI=1S/C16H21N3O/c1-19(11-15-6-7-17-18-15)10-14-8-12-4-3-5-13(12)9-16(14)20-2/h6-9H,3-5,10-11H2,1-2H3,(H,17,18). The summed E-state index contributed by atoms with van der Waals surface area (Å²) in [6.07, 6.45) is 5.46. The normalized spacial score (nSPS) is 13.8. The van der Waals surface area contributed by atoms with Crippen molar-refractivity contribution in [1.29, 1.82) is 0 Å². The predicted octanol–water partition coefficient (Wildman–Crippen LogP) is 2.54. The molecular weight excluding hydrogens is 250 g/mol. The van der Waals surface area contributed by atoms with Gasteiger partial charge < -0.3 is 4.74 Å². The Labute approximate surface area is 119 Å². The number of fused-ring (bicyclic) bond motifs is 1. The average Bonchev–Trinajstić information content (AvgIpc) is 3.08. The largest absolute Gasteiger partial charge is 0.496 e. The van der Waals surface area contributed by atoms with Crippen LogP contribution < -0.4 is 4.74 Å². The third-order valence-corrected chi connectivity index (χ3v) is 3.93. The van der Waals surface area contributed by atoms with Gasteiger partial charge in [0.1, 0.15) is 5.75 Å². The Morgan fingerprint density at radius 3 is 2.75 bits per heavy atom. The van der Waals surface area contributed by atoms with Gasteiger partial charge in [-0.3, -0.25) is 10.00 Å². The molecule has 0 saturated carbocycles. The number of hydrogen-bond acceptors (Lipinski definition) is 3. The highest BCUT2D eigenvalue weighted by atomic mass is 16.5. The van der Waals surface area contributed by atoms with Crippen LogP contribution in [-0.2, 0) is 25.9 Å². The van der Waals surface area contributed by atoms with Crippen LogP contribution in [0, 0.1) is 0 Å².